The molecule has 0 aliphatic carbocycles. The summed E-state index contributed by atoms with van der Waals surface area (Å²) < 4.78 is 34.4. The highest BCUT2D eigenvalue weighted by Crippen LogP contribution is 2.42. The Morgan fingerprint density at radius 3 is 2.10 bits per heavy atom. The number of hydrogen-bond acceptors (Lipinski definition) is 7. The van der Waals surface area contributed by atoms with Gasteiger partial charge in [-0.15, -0.1) is 0 Å². The van der Waals surface area contributed by atoms with Gasteiger partial charge >= 0.3 is 0 Å². The van der Waals surface area contributed by atoms with E-state index < -0.39 is 27.8 Å². The number of unbranched alkanes of at least 4 members (excludes halogenated alkanes) is 2. The summed E-state index contributed by atoms with van der Waals surface area (Å²) in [4.78, 5) is 27.7. The van der Waals surface area contributed by atoms with E-state index in [1.165, 1.54) is 36.3 Å². The minimum Gasteiger partial charge on any atom is -0.507 e. The van der Waals surface area contributed by atoms with Crippen LogP contribution in [0.15, 0.2) is 83.3 Å². The molecule has 1 amide bonds. The fraction of sp³-hybridized carbons (Fsp3) is 0.241. The van der Waals surface area contributed by atoms with E-state index in [2.05, 4.69) is 6.92 Å². The molecule has 1 aliphatic heterocycles. The lowest BCUT2D eigenvalue weighted by atomic mass is 9.95. The Hall–Kier alpha value is -4.15. The molecule has 0 bridgehead atoms. The molecule has 9 nitrogen and oxygen atoms in total. The number of ketones is 1. The van der Waals surface area contributed by atoms with Crippen LogP contribution in [0.3, 0.4) is 0 Å². The van der Waals surface area contributed by atoms with Crippen LogP contribution in [0.25, 0.3) is 5.76 Å². The zero-order valence-corrected chi connectivity index (χ0v) is 22.5. The van der Waals surface area contributed by atoms with Gasteiger partial charge in [0.15, 0.2) is 0 Å². The summed E-state index contributed by atoms with van der Waals surface area (Å²) in [5.74, 6) is -0.872. The van der Waals surface area contributed by atoms with Crippen molar-refractivity contribution in [3.05, 3.63) is 89.5 Å². The van der Waals surface area contributed by atoms with Crippen molar-refractivity contribution in [3.8, 4) is 11.5 Å². The van der Waals surface area contributed by atoms with Gasteiger partial charge in [0.25, 0.3) is 11.7 Å². The first kappa shape index (κ1) is 27.9. The number of ether oxygens (including phenoxy) is 2. The number of methoxy groups -OCH3 is 1. The third-order valence-corrected chi connectivity index (χ3v) is 7.39. The predicted molar refractivity (Wildman–Crippen MR) is 147 cm³/mol. The molecule has 1 saturated heterocycles. The topological polar surface area (TPSA) is 136 Å². The van der Waals surface area contributed by atoms with Gasteiger partial charge in [-0.3, -0.25) is 14.5 Å². The Morgan fingerprint density at radius 1 is 0.923 bits per heavy atom. The van der Waals surface area contributed by atoms with E-state index >= 15 is 0 Å². The van der Waals surface area contributed by atoms with Gasteiger partial charge in [0, 0.05) is 11.3 Å². The normalized spacial score (nSPS) is 16.9. The standard InChI is InChI=1S/C29H30N2O7S/c1-3-4-5-18-38-23-14-8-20(9-15-23)27(32)25-26(19-6-12-22(37-2)13-7-19)31(29(34)28(25)33)21-10-16-24(17-11-21)39(30,35)36/h6-17,26,32H,3-5,18H2,1-2H3,(H2,30,35,36)/b27-25+. The zero-order chi connectivity index (χ0) is 28.2. The van der Waals surface area contributed by atoms with E-state index in [0.717, 1.165) is 19.3 Å². The lowest BCUT2D eigenvalue weighted by Gasteiger charge is -2.25. The lowest BCUT2D eigenvalue weighted by molar-refractivity contribution is -0.132. The van der Waals surface area contributed by atoms with E-state index in [1.54, 1.807) is 48.5 Å². The van der Waals surface area contributed by atoms with Crippen LogP contribution in [0, 0.1) is 0 Å². The second-order valence-corrected chi connectivity index (χ2v) is 10.6. The first-order valence-corrected chi connectivity index (χ1v) is 14.0. The van der Waals surface area contributed by atoms with E-state index in [-0.39, 0.29) is 21.9 Å². The van der Waals surface area contributed by atoms with Crippen LogP contribution >= 0.6 is 0 Å². The Labute approximate surface area is 227 Å². The Bertz CT molecular complexity index is 1480. The number of benzene rings is 3. The number of carbonyl (C=O) groups excluding carboxylic acids is 2. The summed E-state index contributed by atoms with van der Waals surface area (Å²) in [6.45, 7) is 2.69. The third kappa shape index (κ3) is 5.97. The van der Waals surface area contributed by atoms with Crippen LogP contribution in [0.1, 0.15) is 43.4 Å². The number of rotatable bonds is 10. The predicted octanol–water partition coefficient (Wildman–Crippen LogP) is 4.54. The maximum Gasteiger partial charge on any atom is 0.300 e. The second kappa shape index (κ2) is 11.7. The van der Waals surface area contributed by atoms with E-state index in [1.807, 2.05) is 0 Å². The number of Topliss-reactive ketones (excluding diaryl/α,β-unsaturated/α-hetero) is 1. The van der Waals surface area contributed by atoms with Crippen LogP contribution in [0.4, 0.5) is 5.69 Å². The Morgan fingerprint density at radius 2 is 1.54 bits per heavy atom. The first-order valence-electron chi connectivity index (χ1n) is 12.5. The molecule has 0 radical (unpaired) electrons. The van der Waals surface area contributed by atoms with E-state index in [0.29, 0.717) is 29.2 Å². The number of aliphatic hydroxyl groups excluding tert-OH is 1. The van der Waals surface area contributed by atoms with Crippen LogP contribution in [0.5, 0.6) is 11.5 Å². The fourth-order valence-corrected chi connectivity index (χ4v) is 4.92. The molecule has 3 N–H and O–H groups in total. The van der Waals surface area contributed by atoms with E-state index in [9.17, 15) is 23.1 Å². The van der Waals surface area contributed by atoms with Gasteiger partial charge in [0.2, 0.25) is 10.0 Å². The van der Waals surface area contributed by atoms with Crippen molar-refractivity contribution in [1.29, 1.82) is 0 Å². The molecule has 1 aliphatic rings. The van der Waals surface area contributed by atoms with E-state index in [4.69, 9.17) is 14.6 Å². The van der Waals surface area contributed by atoms with Crippen LogP contribution in [0.2, 0.25) is 0 Å². The molecular formula is C29H30N2O7S. The van der Waals surface area contributed by atoms with Crippen molar-refractivity contribution in [2.45, 2.75) is 37.1 Å². The highest BCUT2D eigenvalue weighted by Gasteiger charge is 2.47. The number of aliphatic hydroxyl groups is 1. The first-order chi connectivity index (χ1) is 18.7. The molecule has 1 fully saturated rings. The molecule has 3 aromatic rings. The van der Waals surface area contributed by atoms with Gasteiger partial charge in [-0.05, 0) is 72.6 Å². The third-order valence-electron chi connectivity index (χ3n) is 6.46. The van der Waals surface area contributed by atoms with Crippen LogP contribution in [-0.4, -0.2) is 38.9 Å². The highest BCUT2D eigenvalue weighted by atomic mass is 32.2. The summed E-state index contributed by atoms with van der Waals surface area (Å²) >= 11 is 0. The Kier molecular flexibility index (Phi) is 8.37. The molecule has 10 heteroatoms. The van der Waals surface area contributed by atoms with Crippen molar-refractivity contribution >= 4 is 33.2 Å². The van der Waals surface area contributed by atoms with Crippen LogP contribution in [-0.2, 0) is 19.6 Å². The minimum absolute atomic E-state index is 0.0997. The average Bonchev–Trinajstić information content (AvgIpc) is 3.20. The van der Waals surface area contributed by atoms with Crippen molar-refractivity contribution in [3.63, 3.8) is 0 Å². The molecule has 1 unspecified atom stereocenters. The van der Waals surface area contributed by atoms with Gasteiger partial charge in [-0.2, -0.15) is 0 Å². The monoisotopic (exact) mass is 550 g/mol. The minimum atomic E-state index is -3.96. The largest absolute Gasteiger partial charge is 0.507 e. The number of anilines is 1. The second-order valence-electron chi connectivity index (χ2n) is 9.06. The molecular weight excluding hydrogens is 520 g/mol. The van der Waals surface area contributed by atoms with Gasteiger partial charge in [-0.1, -0.05) is 31.9 Å². The maximum absolute atomic E-state index is 13.3. The summed E-state index contributed by atoms with van der Waals surface area (Å²) in [7, 11) is -2.44. The highest BCUT2D eigenvalue weighted by molar-refractivity contribution is 7.89. The molecule has 1 heterocycles. The van der Waals surface area contributed by atoms with Crippen molar-refractivity contribution in [1.82, 2.24) is 0 Å². The van der Waals surface area contributed by atoms with Crippen molar-refractivity contribution < 1.29 is 32.6 Å². The number of carbonyl (C=O) groups is 2. The number of sulfonamides is 1. The van der Waals surface area contributed by atoms with Gasteiger partial charge in [-0.25, -0.2) is 13.6 Å². The van der Waals surface area contributed by atoms with Crippen molar-refractivity contribution in [2.24, 2.45) is 5.14 Å². The van der Waals surface area contributed by atoms with Gasteiger partial charge < -0.3 is 14.6 Å². The summed E-state index contributed by atoms with van der Waals surface area (Å²) in [6.07, 6.45) is 3.08. The number of amides is 1. The summed E-state index contributed by atoms with van der Waals surface area (Å²) in [5, 5.41) is 16.5. The van der Waals surface area contributed by atoms with Gasteiger partial charge in [0.05, 0.1) is 30.2 Å². The SMILES string of the molecule is CCCCCOc1ccc(/C(O)=C2\C(=O)C(=O)N(c3ccc(S(N)(=O)=O)cc3)C2c2ccc(OC)cc2)cc1. The molecule has 1 atom stereocenters. The van der Waals surface area contributed by atoms with Gasteiger partial charge in [0.1, 0.15) is 17.3 Å². The maximum atomic E-state index is 13.3. The Balaban J connectivity index is 1.77. The molecule has 39 heavy (non-hydrogen) atoms. The van der Waals surface area contributed by atoms with Crippen LogP contribution < -0.4 is 19.5 Å². The number of nitrogens with two attached hydrogens (primary N) is 1. The number of nitrogens with zero attached hydrogens (tertiary/aromatic N) is 1. The molecule has 0 aromatic heterocycles. The lowest BCUT2D eigenvalue weighted by Crippen LogP contribution is -2.29. The molecule has 0 saturated carbocycles. The number of hydrogen-bond donors (Lipinski definition) is 2. The quantitative estimate of drug-likeness (QED) is 0.164. The van der Waals surface area contributed by atoms with Crippen molar-refractivity contribution in [2.75, 3.05) is 18.6 Å². The fourth-order valence-electron chi connectivity index (χ4n) is 4.40. The number of primary sulfonamides is 1. The summed E-state index contributed by atoms with van der Waals surface area (Å²) in [5.41, 5.74) is 1.05. The molecule has 3 aromatic carbocycles. The zero-order valence-electron chi connectivity index (χ0n) is 21.7. The molecule has 204 valence electrons. The summed E-state index contributed by atoms with van der Waals surface area (Å²) in [6, 6.07) is 17.7. The smallest absolute Gasteiger partial charge is 0.300 e. The average molecular weight is 551 g/mol. The molecule has 0 spiro atoms. The molecule has 4 rings (SSSR count).